The van der Waals surface area contributed by atoms with Gasteiger partial charge in [-0.2, -0.15) is 10.1 Å². The number of benzene rings is 2. The van der Waals surface area contributed by atoms with Crippen LogP contribution in [0.4, 0.5) is 11.6 Å². The Kier molecular flexibility index (Phi) is 4.94. The van der Waals surface area contributed by atoms with Crippen molar-refractivity contribution in [1.29, 1.82) is 0 Å². The van der Waals surface area contributed by atoms with Crippen LogP contribution in [0.3, 0.4) is 0 Å². The Balaban J connectivity index is 1.49. The fourth-order valence-corrected chi connectivity index (χ4v) is 3.13. The molecule has 1 atom stereocenters. The van der Waals surface area contributed by atoms with Crippen molar-refractivity contribution in [2.45, 2.75) is 12.5 Å². The van der Waals surface area contributed by atoms with Crippen LogP contribution in [-0.2, 0) is 9.59 Å². The lowest BCUT2D eigenvalue weighted by Gasteiger charge is -2.25. The van der Waals surface area contributed by atoms with Crippen molar-refractivity contribution >= 4 is 35.1 Å². The molecule has 1 aliphatic heterocycles. The van der Waals surface area contributed by atoms with Crippen molar-refractivity contribution < 1.29 is 14.3 Å². The minimum absolute atomic E-state index is 0.152. The molecule has 0 spiro atoms. The molecule has 0 aliphatic carbocycles. The molecule has 28 heavy (non-hydrogen) atoms. The number of anilines is 2. The van der Waals surface area contributed by atoms with E-state index in [0.717, 1.165) is 5.56 Å². The Morgan fingerprint density at radius 3 is 2.86 bits per heavy atom. The number of para-hydroxylation sites is 1. The SMILES string of the molecule is O=C(COc1ccccc1[C@H]1CC(=O)Nc2ncnn21)Nc1ccc(Cl)cc1. The summed E-state index contributed by atoms with van der Waals surface area (Å²) in [5, 5.41) is 10.2. The molecule has 2 N–H and O–H groups in total. The van der Waals surface area contributed by atoms with Gasteiger partial charge in [0.2, 0.25) is 11.9 Å². The van der Waals surface area contributed by atoms with Gasteiger partial charge in [0.25, 0.3) is 5.91 Å². The second kappa shape index (κ2) is 7.69. The Morgan fingerprint density at radius 1 is 1.25 bits per heavy atom. The van der Waals surface area contributed by atoms with E-state index in [1.54, 1.807) is 41.1 Å². The van der Waals surface area contributed by atoms with Crippen LogP contribution < -0.4 is 15.4 Å². The zero-order valence-corrected chi connectivity index (χ0v) is 15.4. The molecule has 0 saturated heterocycles. The number of ether oxygens (including phenoxy) is 1. The molecule has 1 aliphatic rings. The van der Waals surface area contributed by atoms with Gasteiger partial charge in [-0.15, -0.1) is 0 Å². The van der Waals surface area contributed by atoms with E-state index in [4.69, 9.17) is 16.3 Å². The van der Waals surface area contributed by atoms with Gasteiger partial charge in [0.05, 0.1) is 12.5 Å². The normalized spacial score (nSPS) is 15.5. The number of rotatable bonds is 5. The summed E-state index contributed by atoms with van der Waals surface area (Å²) in [6.45, 7) is -0.178. The van der Waals surface area contributed by atoms with Crippen LogP contribution in [0.2, 0.25) is 5.02 Å². The van der Waals surface area contributed by atoms with Gasteiger partial charge in [0.1, 0.15) is 12.1 Å². The van der Waals surface area contributed by atoms with Crippen LogP contribution in [0, 0.1) is 0 Å². The molecule has 2 amide bonds. The van der Waals surface area contributed by atoms with E-state index in [-0.39, 0.29) is 30.9 Å². The summed E-state index contributed by atoms with van der Waals surface area (Å²) in [4.78, 5) is 28.3. The van der Waals surface area contributed by atoms with E-state index in [0.29, 0.717) is 22.4 Å². The number of hydrogen-bond acceptors (Lipinski definition) is 5. The fraction of sp³-hybridized carbons (Fsp3) is 0.158. The van der Waals surface area contributed by atoms with Crippen LogP contribution in [-0.4, -0.2) is 33.2 Å². The number of aromatic nitrogens is 3. The predicted molar refractivity (Wildman–Crippen MR) is 103 cm³/mol. The van der Waals surface area contributed by atoms with Gasteiger partial charge in [-0.3, -0.25) is 14.9 Å². The molecule has 3 aromatic rings. The summed E-state index contributed by atoms with van der Waals surface area (Å²) in [6, 6.07) is 13.7. The second-order valence-corrected chi connectivity index (χ2v) is 6.61. The van der Waals surface area contributed by atoms with Gasteiger partial charge in [-0.25, -0.2) is 4.68 Å². The smallest absolute Gasteiger partial charge is 0.262 e. The minimum atomic E-state index is -0.359. The Labute approximate surface area is 165 Å². The molecule has 1 aromatic heterocycles. The van der Waals surface area contributed by atoms with Crippen LogP contribution in [0.1, 0.15) is 18.0 Å². The molecule has 8 nitrogen and oxygen atoms in total. The van der Waals surface area contributed by atoms with Crippen molar-refractivity contribution in [1.82, 2.24) is 14.8 Å². The first-order chi connectivity index (χ1) is 13.6. The zero-order chi connectivity index (χ0) is 19.5. The quantitative estimate of drug-likeness (QED) is 0.689. The predicted octanol–water partition coefficient (Wildman–Crippen LogP) is 2.88. The Bertz CT molecular complexity index is 1020. The molecular weight excluding hydrogens is 382 g/mol. The van der Waals surface area contributed by atoms with Crippen LogP contribution >= 0.6 is 11.6 Å². The van der Waals surface area contributed by atoms with Gasteiger partial charge in [0.15, 0.2) is 6.61 Å². The zero-order valence-electron chi connectivity index (χ0n) is 14.6. The molecule has 2 aromatic carbocycles. The number of carbonyl (C=O) groups is 2. The molecule has 0 saturated carbocycles. The monoisotopic (exact) mass is 397 g/mol. The maximum atomic E-state index is 12.2. The number of nitrogens with one attached hydrogen (secondary N) is 2. The largest absolute Gasteiger partial charge is 0.483 e. The molecule has 0 fully saturated rings. The van der Waals surface area contributed by atoms with Crippen molar-refractivity contribution in [3.05, 3.63) is 65.4 Å². The van der Waals surface area contributed by atoms with Gasteiger partial charge >= 0.3 is 0 Å². The summed E-state index contributed by atoms with van der Waals surface area (Å²) in [7, 11) is 0. The van der Waals surface area contributed by atoms with E-state index in [1.807, 2.05) is 12.1 Å². The average molecular weight is 398 g/mol. The third-order valence-corrected chi connectivity index (χ3v) is 4.51. The number of carbonyl (C=O) groups excluding carboxylic acids is 2. The number of halogens is 1. The van der Waals surface area contributed by atoms with E-state index >= 15 is 0 Å². The molecule has 9 heteroatoms. The van der Waals surface area contributed by atoms with Gasteiger partial charge < -0.3 is 10.1 Å². The molecule has 142 valence electrons. The Morgan fingerprint density at radius 2 is 2.04 bits per heavy atom. The number of nitrogens with zero attached hydrogens (tertiary/aromatic N) is 3. The standard InChI is InChI=1S/C19H16ClN5O3/c20-12-5-7-13(8-6-12)23-18(27)10-28-16-4-2-1-3-14(16)15-9-17(26)24-19-21-11-22-25(15)19/h1-8,11,15H,9-10H2,(H,23,27)(H,21,22,24,26)/t15-/m1/s1. The van der Waals surface area contributed by atoms with Crippen molar-refractivity contribution in [2.24, 2.45) is 0 Å². The number of hydrogen-bond donors (Lipinski definition) is 2. The third-order valence-electron chi connectivity index (χ3n) is 4.26. The first-order valence-electron chi connectivity index (χ1n) is 8.56. The maximum absolute atomic E-state index is 12.2. The van der Waals surface area contributed by atoms with Crippen molar-refractivity contribution in [2.75, 3.05) is 17.2 Å². The van der Waals surface area contributed by atoms with Crippen molar-refractivity contribution in [3.63, 3.8) is 0 Å². The maximum Gasteiger partial charge on any atom is 0.262 e. The van der Waals surface area contributed by atoms with E-state index in [2.05, 4.69) is 20.7 Å². The summed E-state index contributed by atoms with van der Waals surface area (Å²) in [5.74, 6) is 0.437. The van der Waals surface area contributed by atoms with Gasteiger partial charge in [0, 0.05) is 16.3 Å². The molecule has 0 radical (unpaired) electrons. The molecule has 0 unspecified atom stereocenters. The first kappa shape index (κ1) is 18.0. The number of amides is 2. The van der Waals surface area contributed by atoms with Crippen LogP contribution in [0.15, 0.2) is 54.9 Å². The van der Waals surface area contributed by atoms with E-state index in [9.17, 15) is 9.59 Å². The highest BCUT2D eigenvalue weighted by atomic mass is 35.5. The lowest BCUT2D eigenvalue weighted by atomic mass is 10.0. The molecule has 4 rings (SSSR count). The highest BCUT2D eigenvalue weighted by Crippen LogP contribution is 2.34. The highest BCUT2D eigenvalue weighted by Gasteiger charge is 2.29. The lowest BCUT2D eigenvalue weighted by Crippen LogP contribution is -2.29. The summed E-state index contributed by atoms with van der Waals surface area (Å²) in [5.41, 5.74) is 1.38. The number of fused-ring (bicyclic) bond motifs is 1. The fourth-order valence-electron chi connectivity index (χ4n) is 3.01. The third kappa shape index (κ3) is 3.81. The van der Waals surface area contributed by atoms with Gasteiger partial charge in [-0.1, -0.05) is 29.8 Å². The highest BCUT2D eigenvalue weighted by molar-refractivity contribution is 6.30. The van der Waals surface area contributed by atoms with Crippen LogP contribution in [0.5, 0.6) is 5.75 Å². The second-order valence-electron chi connectivity index (χ2n) is 6.18. The summed E-state index contributed by atoms with van der Waals surface area (Å²) >= 11 is 5.84. The van der Waals surface area contributed by atoms with Crippen molar-refractivity contribution in [3.8, 4) is 5.75 Å². The molecule has 0 bridgehead atoms. The minimum Gasteiger partial charge on any atom is -0.483 e. The molecular formula is C19H16ClN5O3. The van der Waals surface area contributed by atoms with Gasteiger partial charge in [-0.05, 0) is 30.3 Å². The summed E-state index contributed by atoms with van der Waals surface area (Å²) in [6.07, 6.45) is 1.59. The summed E-state index contributed by atoms with van der Waals surface area (Å²) < 4.78 is 7.38. The Hall–Kier alpha value is -3.39. The van der Waals surface area contributed by atoms with Crippen LogP contribution in [0.25, 0.3) is 0 Å². The topological polar surface area (TPSA) is 98.1 Å². The first-order valence-corrected chi connectivity index (χ1v) is 8.94. The van der Waals surface area contributed by atoms with E-state index < -0.39 is 0 Å². The lowest BCUT2D eigenvalue weighted by molar-refractivity contribution is -0.118. The average Bonchev–Trinajstić information content (AvgIpc) is 3.16. The van der Waals surface area contributed by atoms with E-state index in [1.165, 1.54) is 6.33 Å². The molecule has 2 heterocycles.